The van der Waals surface area contributed by atoms with E-state index in [4.69, 9.17) is 0 Å². The van der Waals surface area contributed by atoms with Crippen molar-refractivity contribution in [2.24, 2.45) is 5.41 Å². The lowest BCUT2D eigenvalue weighted by Crippen LogP contribution is -2.31. The van der Waals surface area contributed by atoms with Gasteiger partial charge in [-0.05, 0) is 50.9 Å². The third-order valence-corrected chi connectivity index (χ3v) is 5.33. The van der Waals surface area contributed by atoms with E-state index < -0.39 is 0 Å². The van der Waals surface area contributed by atoms with Crippen LogP contribution < -0.4 is 5.32 Å². The van der Waals surface area contributed by atoms with Crippen molar-refractivity contribution in [1.29, 1.82) is 0 Å². The van der Waals surface area contributed by atoms with Crippen LogP contribution in [0.1, 0.15) is 56.4 Å². The quantitative estimate of drug-likeness (QED) is 0.869. The Labute approximate surface area is 107 Å². The molecule has 1 heterocycles. The van der Waals surface area contributed by atoms with Crippen molar-refractivity contribution >= 4 is 16.5 Å². The first kappa shape index (κ1) is 11.5. The van der Waals surface area contributed by atoms with Crippen LogP contribution in [0.3, 0.4) is 0 Å². The monoisotopic (exact) mass is 251 g/mol. The van der Waals surface area contributed by atoms with Crippen LogP contribution in [0.2, 0.25) is 0 Å². The molecule has 0 saturated heterocycles. The highest BCUT2D eigenvalue weighted by atomic mass is 32.1. The molecule has 0 aliphatic heterocycles. The highest BCUT2D eigenvalue weighted by Crippen LogP contribution is 2.49. The predicted molar refractivity (Wildman–Crippen MR) is 71.4 cm³/mol. The summed E-state index contributed by atoms with van der Waals surface area (Å²) in [5, 5.41) is 13.8. The molecule has 2 saturated carbocycles. The van der Waals surface area contributed by atoms with Crippen LogP contribution >= 0.6 is 11.3 Å². The van der Waals surface area contributed by atoms with E-state index in [9.17, 15) is 0 Å². The summed E-state index contributed by atoms with van der Waals surface area (Å²) in [7, 11) is 0. The summed E-state index contributed by atoms with van der Waals surface area (Å²) < 4.78 is 0. The molecular formula is C13H21N3S. The molecular weight excluding hydrogens is 230 g/mol. The van der Waals surface area contributed by atoms with Crippen molar-refractivity contribution in [1.82, 2.24) is 10.2 Å². The largest absolute Gasteiger partial charge is 0.357 e. The molecule has 3 rings (SSSR count). The molecule has 0 unspecified atom stereocenters. The first-order valence-electron chi connectivity index (χ1n) is 6.82. The summed E-state index contributed by atoms with van der Waals surface area (Å²) in [6.07, 6.45) is 11.4. The molecule has 1 N–H and O–H groups in total. The summed E-state index contributed by atoms with van der Waals surface area (Å²) in [6.45, 7) is 2.01. The molecule has 0 amide bonds. The van der Waals surface area contributed by atoms with Gasteiger partial charge >= 0.3 is 0 Å². The van der Waals surface area contributed by atoms with Gasteiger partial charge in [-0.1, -0.05) is 24.2 Å². The van der Waals surface area contributed by atoms with Crippen LogP contribution in [0.5, 0.6) is 0 Å². The Morgan fingerprint density at radius 1 is 1.12 bits per heavy atom. The number of aromatic nitrogens is 2. The lowest BCUT2D eigenvalue weighted by molar-refractivity contribution is 0.188. The van der Waals surface area contributed by atoms with E-state index >= 15 is 0 Å². The summed E-state index contributed by atoms with van der Waals surface area (Å²) in [5.41, 5.74) is 0.731. The Hall–Kier alpha value is -0.640. The zero-order valence-corrected chi connectivity index (χ0v) is 11.4. The second-order valence-corrected chi connectivity index (χ2v) is 6.93. The van der Waals surface area contributed by atoms with Gasteiger partial charge in [-0.3, -0.25) is 0 Å². The zero-order valence-electron chi connectivity index (χ0n) is 10.5. The third-order valence-electron chi connectivity index (χ3n) is 4.56. The van der Waals surface area contributed by atoms with Crippen molar-refractivity contribution in [3.63, 3.8) is 0 Å². The first-order chi connectivity index (χ1) is 8.26. The van der Waals surface area contributed by atoms with Crippen LogP contribution in [0.4, 0.5) is 5.13 Å². The molecule has 2 aliphatic carbocycles. The van der Waals surface area contributed by atoms with Gasteiger partial charge in [-0.15, -0.1) is 10.2 Å². The van der Waals surface area contributed by atoms with E-state index in [0.717, 1.165) is 15.6 Å². The minimum atomic E-state index is 0.633. The number of aryl methyl sites for hydroxylation is 1. The number of rotatable bonds is 2. The van der Waals surface area contributed by atoms with Gasteiger partial charge in [0.1, 0.15) is 5.01 Å². The average molecular weight is 251 g/mol. The molecule has 2 aliphatic rings. The number of anilines is 1. The molecule has 1 spiro atoms. The van der Waals surface area contributed by atoms with Crippen LogP contribution in [-0.2, 0) is 0 Å². The van der Waals surface area contributed by atoms with E-state index in [1.54, 1.807) is 11.3 Å². The van der Waals surface area contributed by atoms with E-state index in [1.807, 2.05) is 6.92 Å². The molecule has 1 aromatic heterocycles. The summed E-state index contributed by atoms with van der Waals surface area (Å²) in [5.74, 6) is 0. The maximum atomic E-state index is 4.16. The van der Waals surface area contributed by atoms with Gasteiger partial charge in [-0.2, -0.15) is 0 Å². The number of nitrogens with zero attached hydrogens (tertiary/aromatic N) is 2. The lowest BCUT2D eigenvalue weighted by Gasteiger charge is -2.37. The van der Waals surface area contributed by atoms with Gasteiger partial charge in [0.25, 0.3) is 0 Å². The van der Waals surface area contributed by atoms with Crippen molar-refractivity contribution in [3.8, 4) is 0 Å². The van der Waals surface area contributed by atoms with Crippen LogP contribution in [-0.4, -0.2) is 16.2 Å². The van der Waals surface area contributed by atoms with E-state index in [2.05, 4.69) is 15.5 Å². The topological polar surface area (TPSA) is 37.8 Å². The Bertz CT molecular complexity index is 372. The Balaban J connectivity index is 1.54. The van der Waals surface area contributed by atoms with E-state index in [0.29, 0.717) is 6.04 Å². The smallest absolute Gasteiger partial charge is 0.205 e. The second-order valence-electron chi connectivity index (χ2n) is 5.75. The van der Waals surface area contributed by atoms with Crippen molar-refractivity contribution in [2.75, 3.05) is 5.32 Å². The fourth-order valence-electron chi connectivity index (χ4n) is 3.53. The van der Waals surface area contributed by atoms with Gasteiger partial charge in [0.05, 0.1) is 0 Å². The van der Waals surface area contributed by atoms with Gasteiger partial charge in [0.2, 0.25) is 5.13 Å². The lowest BCUT2D eigenvalue weighted by atomic mass is 9.71. The van der Waals surface area contributed by atoms with Crippen LogP contribution in [0, 0.1) is 12.3 Å². The van der Waals surface area contributed by atoms with Crippen LogP contribution in [0.15, 0.2) is 0 Å². The molecule has 2 fully saturated rings. The zero-order chi connectivity index (χ0) is 11.7. The standard InChI is InChI=1S/C13H21N3S/c1-10-15-16-12(17-10)14-11-4-8-13(9-5-11)6-2-3-7-13/h11H,2-9H2,1H3,(H,14,16). The number of hydrogen-bond donors (Lipinski definition) is 1. The summed E-state index contributed by atoms with van der Waals surface area (Å²) in [4.78, 5) is 0. The molecule has 1 aromatic rings. The third kappa shape index (κ3) is 2.46. The van der Waals surface area contributed by atoms with Crippen LogP contribution in [0.25, 0.3) is 0 Å². The van der Waals surface area contributed by atoms with Gasteiger partial charge in [0.15, 0.2) is 0 Å². The molecule has 0 atom stereocenters. The molecule has 4 heteroatoms. The molecule has 17 heavy (non-hydrogen) atoms. The fourth-order valence-corrected chi connectivity index (χ4v) is 4.20. The van der Waals surface area contributed by atoms with Gasteiger partial charge < -0.3 is 5.32 Å². The first-order valence-corrected chi connectivity index (χ1v) is 7.64. The second kappa shape index (κ2) is 4.56. The van der Waals surface area contributed by atoms with Gasteiger partial charge in [0, 0.05) is 6.04 Å². The van der Waals surface area contributed by atoms with Crippen molar-refractivity contribution in [3.05, 3.63) is 5.01 Å². The maximum absolute atomic E-state index is 4.16. The summed E-state index contributed by atoms with van der Waals surface area (Å²) >= 11 is 1.67. The molecule has 0 radical (unpaired) electrons. The predicted octanol–water partition coefficient (Wildman–Crippen LogP) is 3.76. The average Bonchev–Trinajstić information content (AvgIpc) is 2.93. The normalized spacial score (nSPS) is 24.3. The minimum absolute atomic E-state index is 0.633. The molecule has 3 nitrogen and oxygen atoms in total. The Morgan fingerprint density at radius 3 is 2.41 bits per heavy atom. The molecule has 0 aromatic carbocycles. The Kier molecular flexibility index (Phi) is 3.07. The maximum Gasteiger partial charge on any atom is 0.205 e. The number of nitrogens with one attached hydrogen (secondary N) is 1. The molecule has 0 bridgehead atoms. The highest BCUT2D eigenvalue weighted by molar-refractivity contribution is 7.15. The highest BCUT2D eigenvalue weighted by Gasteiger charge is 2.37. The van der Waals surface area contributed by atoms with E-state index in [1.165, 1.54) is 51.4 Å². The van der Waals surface area contributed by atoms with E-state index in [-0.39, 0.29) is 0 Å². The fraction of sp³-hybridized carbons (Fsp3) is 0.846. The van der Waals surface area contributed by atoms with Crippen molar-refractivity contribution in [2.45, 2.75) is 64.3 Å². The minimum Gasteiger partial charge on any atom is -0.357 e. The number of hydrogen-bond acceptors (Lipinski definition) is 4. The van der Waals surface area contributed by atoms with Crippen molar-refractivity contribution < 1.29 is 0 Å². The SMILES string of the molecule is Cc1nnc(NC2CCC3(CCCC3)CC2)s1. The summed E-state index contributed by atoms with van der Waals surface area (Å²) in [6, 6.07) is 0.633. The molecule has 94 valence electrons. The van der Waals surface area contributed by atoms with Gasteiger partial charge in [-0.25, -0.2) is 0 Å². The Morgan fingerprint density at radius 2 is 1.82 bits per heavy atom.